The van der Waals surface area contributed by atoms with Crippen LogP contribution in [0.25, 0.3) is 0 Å². The van der Waals surface area contributed by atoms with Gasteiger partial charge in [-0.05, 0) is 43.9 Å². The van der Waals surface area contributed by atoms with Gasteiger partial charge in [-0.2, -0.15) is 0 Å². The van der Waals surface area contributed by atoms with Crippen LogP contribution < -0.4 is 11.1 Å². The Morgan fingerprint density at radius 2 is 2.37 bits per heavy atom. The Labute approximate surface area is 118 Å². The van der Waals surface area contributed by atoms with E-state index in [1.165, 1.54) is 0 Å². The third kappa shape index (κ3) is 3.85. The van der Waals surface area contributed by atoms with Crippen molar-refractivity contribution in [2.45, 2.75) is 38.7 Å². The molecule has 1 heterocycles. The van der Waals surface area contributed by atoms with Crippen LogP contribution in [0.4, 0.5) is 11.4 Å². The minimum absolute atomic E-state index is 0.0144. The van der Waals surface area contributed by atoms with E-state index in [-0.39, 0.29) is 12.0 Å². The zero-order valence-corrected chi connectivity index (χ0v) is 11.8. The number of amides is 1. The van der Waals surface area contributed by atoms with E-state index in [1.54, 1.807) is 12.1 Å². The van der Waals surface area contributed by atoms with E-state index in [0.29, 0.717) is 17.1 Å². The molecular weight excluding hydrogens is 264 g/mol. The molecule has 4 nitrogen and oxygen atoms in total. The van der Waals surface area contributed by atoms with Gasteiger partial charge in [-0.25, -0.2) is 0 Å². The summed E-state index contributed by atoms with van der Waals surface area (Å²) in [6.45, 7) is 2.71. The van der Waals surface area contributed by atoms with E-state index >= 15 is 0 Å². The van der Waals surface area contributed by atoms with Crippen molar-refractivity contribution < 1.29 is 9.53 Å². The second-order valence-electron chi connectivity index (χ2n) is 4.91. The molecule has 5 heteroatoms. The fourth-order valence-electron chi connectivity index (χ4n) is 2.22. The first-order valence-corrected chi connectivity index (χ1v) is 6.91. The molecule has 0 spiro atoms. The largest absolute Gasteiger partial charge is 0.398 e. The van der Waals surface area contributed by atoms with E-state index in [4.69, 9.17) is 22.1 Å². The highest BCUT2D eigenvalue weighted by Gasteiger charge is 2.17. The second-order valence-corrected chi connectivity index (χ2v) is 5.32. The second kappa shape index (κ2) is 6.26. The zero-order chi connectivity index (χ0) is 13.8. The molecule has 1 saturated heterocycles. The van der Waals surface area contributed by atoms with Gasteiger partial charge in [-0.3, -0.25) is 4.79 Å². The number of nitrogens with one attached hydrogen (secondary N) is 1. The van der Waals surface area contributed by atoms with Crippen LogP contribution >= 0.6 is 11.6 Å². The lowest BCUT2D eigenvalue weighted by molar-refractivity contribution is -0.116. The van der Waals surface area contributed by atoms with Crippen LogP contribution in [-0.2, 0) is 9.53 Å². The summed E-state index contributed by atoms with van der Waals surface area (Å²) in [5, 5.41) is 3.33. The van der Waals surface area contributed by atoms with Gasteiger partial charge in [0.2, 0.25) is 5.91 Å². The number of hydrogen-bond acceptors (Lipinski definition) is 3. The van der Waals surface area contributed by atoms with Crippen molar-refractivity contribution in [1.82, 2.24) is 0 Å². The Bertz CT molecular complexity index is 471. The number of benzene rings is 1. The van der Waals surface area contributed by atoms with Gasteiger partial charge in [-0.1, -0.05) is 11.6 Å². The number of aryl methyl sites for hydroxylation is 1. The standard InChI is InChI=1S/C14H19ClN2O2/c1-9-7-12(16)11(15)8-13(9)17-14(18)5-4-10-3-2-6-19-10/h7-8,10H,2-6,16H2,1H3,(H,17,18). The van der Waals surface area contributed by atoms with Crippen molar-refractivity contribution in [2.75, 3.05) is 17.7 Å². The average molecular weight is 283 g/mol. The van der Waals surface area contributed by atoms with Gasteiger partial charge in [-0.15, -0.1) is 0 Å². The number of nitrogens with two attached hydrogens (primary N) is 1. The van der Waals surface area contributed by atoms with Crippen molar-refractivity contribution in [3.05, 3.63) is 22.7 Å². The number of anilines is 2. The van der Waals surface area contributed by atoms with Crippen LogP contribution in [0.3, 0.4) is 0 Å². The van der Waals surface area contributed by atoms with Crippen molar-refractivity contribution in [1.29, 1.82) is 0 Å². The van der Waals surface area contributed by atoms with Gasteiger partial charge < -0.3 is 15.8 Å². The third-order valence-electron chi connectivity index (χ3n) is 3.34. The van der Waals surface area contributed by atoms with Crippen LogP contribution in [0.2, 0.25) is 5.02 Å². The molecule has 1 aliphatic rings. The van der Waals surface area contributed by atoms with Gasteiger partial charge in [0.1, 0.15) is 0 Å². The summed E-state index contributed by atoms with van der Waals surface area (Å²) >= 11 is 5.95. The molecule has 2 rings (SSSR count). The molecule has 1 aliphatic heterocycles. The van der Waals surface area contributed by atoms with E-state index in [1.807, 2.05) is 6.92 Å². The molecule has 1 atom stereocenters. The molecule has 1 amide bonds. The number of hydrogen-bond donors (Lipinski definition) is 2. The molecule has 1 aromatic rings. The molecule has 0 saturated carbocycles. The highest BCUT2D eigenvalue weighted by atomic mass is 35.5. The maximum atomic E-state index is 11.9. The molecule has 3 N–H and O–H groups in total. The highest BCUT2D eigenvalue weighted by molar-refractivity contribution is 6.33. The van der Waals surface area contributed by atoms with Crippen LogP contribution in [0.5, 0.6) is 0 Å². The summed E-state index contributed by atoms with van der Waals surface area (Å²) in [4.78, 5) is 11.9. The van der Waals surface area contributed by atoms with Gasteiger partial charge in [0, 0.05) is 18.7 Å². The quantitative estimate of drug-likeness (QED) is 0.834. The molecule has 104 valence electrons. The van der Waals surface area contributed by atoms with Gasteiger partial charge in [0.25, 0.3) is 0 Å². The predicted octanol–water partition coefficient (Wildman–Crippen LogP) is 3.13. The summed E-state index contributed by atoms with van der Waals surface area (Å²) in [5.74, 6) is -0.0144. The Morgan fingerprint density at radius 3 is 3.05 bits per heavy atom. The Morgan fingerprint density at radius 1 is 1.58 bits per heavy atom. The van der Waals surface area contributed by atoms with Gasteiger partial charge in [0.05, 0.1) is 16.8 Å². The van der Waals surface area contributed by atoms with E-state index < -0.39 is 0 Å². The van der Waals surface area contributed by atoms with Gasteiger partial charge >= 0.3 is 0 Å². The van der Waals surface area contributed by atoms with E-state index in [0.717, 1.165) is 37.1 Å². The topological polar surface area (TPSA) is 64.3 Å². The van der Waals surface area contributed by atoms with Crippen LogP contribution in [0.15, 0.2) is 12.1 Å². The number of nitrogen functional groups attached to an aromatic ring is 1. The molecular formula is C14H19ClN2O2. The molecule has 0 radical (unpaired) electrons. The Kier molecular flexibility index (Phi) is 4.66. The molecule has 19 heavy (non-hydrogen) atoms. The first-order chi connectivity index (χ1) is 9.06. The number of ether oxygens (including phenoxy) is 1. The van der Waals surface area contributed by atoms with E-state index in [9.17, 15) is 4.79 Å². The number of rotatable bonds is 4. The minimum atomic E-state index is -0.0144. The molecule has 0 aliphatic carbocycles. The summed E-state index contributed by atoms with van der Waals surface area (Å²) in [5.41, 5.74) is 7.85. The summed E-state index contributed by atoms with van der Waals surface area (Å²) in [7, 11) is 0. The number of halogens is 1. The Balaban J connectivity index is 1.89. The first kappa shape index (κ1) is 14.2. The smallest absolute Gasteiger partial charge is 0.224 e. The lowest BCUT2D eigenvalue weighted by Gasteiger charge is -2.12. The summed E-state index contributed by atoms with van der Waals surface area (Å²) in [6.07, 6.45) is 3.63. The van der Waals surface area contributed by atoms with E-state index in [2.05, 4.69) is 5.32 Å². The zero-order valence-electron chi connectivity index (χ0n) is 11.0. The number of carbonyl (C=O) groups is 1. The Hall–Kier alpha value is -1.26. The summed E-state index contributed by atoms with van der Waals surface area (Å²) < 4.78 is 5.49. The predicted molar refractivity (Wildman–Crippen MR) is 77.4 cm³/mol. The van der Waals surface area contributed by atoms with Crippen molar-refractivity contribution >= 4 is 28.9 Å². The minimum Gasteiger partial charge on any atom is -0.398 e. The first-order valence-electron chi connectivity index (χ1n) is 6.53. The number of carbonyl (C=O) groups excluding carboxylic acids is 1. The fourth-order valence-corrected chi connectivity index (χ4v) is 2.38. The molecule has 0 bridgehead atoms. The van der Waals surface area contributed by atoms with Gasteiger partial charge in [0.15, 0.2) is 0 Å². The lowest BCUT2D eigenvalue weighted by Crippen LogP contribution is -2.16. The summed E-state index contributed by atoms with van der Waals surface area (Å²) in [6, 6.07) is 3.45. The SMILES string of the molecule is Cc1cc(N)c(Cl)cc1NC(=O)CCC1CCCO1. The average Bonchev–Trinajstić information content (AvgIpc) is 2.86. The van der Waals surface area contributed by atoms with Crippen molar-refractivity contribution in [3.8, 4) is 0 Å². The highest BCUT2D eigenvalue weighted by Crippen LogP contribution is 2.27. The van der Waals surface area contributed by atoms with Crippen LogP contribution in [0.1, 0.15) is 31.2 Å². The third-order valence-corrected chi connectivity index (χ3v) is 3.66. The lowest BCUT2D eigenvalue weighted by atomic mass is 10.1. The van der Waals surface area contributed by atoms with Crippen molar-refractivity contribution in [3.63, 3.8) is 0 Å². The molecule has 1 unspecified atom stereocenters. The van der Waals surface area contributed by atoms with Crippen LogP contribution in [-0.4, -0.2) is 18.6 Å². The maximum Gasteiger partial charge on any atom is 0.224 e. The fraction of sp³-hybridized carbons (Fsp3) is 0.500. The molecule has 1 aromatic carbocycles. The normalized spacial score (nSPS) is 18.5. The molecule has 1 fully saturated rings. The monoisotopic (exact) mass is 282 g/mol. The van der Waals surface area contributed by atoms with Crippen molar-refractivity contribution in [2.24, 2.45) is 0 Å². The maximum absolute atomic E-state index is 11.9. The van der Waals surface area contributed by atoms with Crippen LogP contribution in [0, 0.1) is 6.92 Å². The molecule has 0 aromatic heterocycles.